The Labute approximate surface area is 117 Å². The van der Waals surface area contributed by atoms with Gasteiger partial charge in [0.25, 0.3) is 0 Å². The van der Waals surface area contributed by atoms with Crippen molar-refractivity contribution in [2.45, 2.75) is 19.4 Å². The molecule has 108 valence electrons. The van der Waals surface area contributed by atoms with Gasteiger partial charge in [-0.2, -0.15) is 0 Å². The van der Waals surface area contributed by atoms with Gasteiger partial charge < -0.3 is 20.5 Å². The second-order valence-electron chi connectivity index (χ2n) is 4.15. The zero-order chi connectivity index (χ0) is 15.0. The van der Waals surface area contributed by atoms with Crippen LogP contribution < -0.4 is 15.4 Å². The minimum atomic E-state index is -0.512. The molecular formula is C14H17FN2O3. The van der Waals surface area contributed by atoms with E-state index in [2.05, 4.69) is 16.6 Å². The fraction of sp³-hybridized carbons (Fsp3) is 0.357. The van der Waals surface area contributed by atoms with Gasteiger partial charge in [0.05, 0.1) is 11.8 Å². The Morgan fingerprint density at radius 3 is 3.00 bits per heavy atom. The molecule has 0 bridgehead atoms. The van der Waals surface area contributed by atoms with Gasteiger partial charge in [0.2, 0.25) is 0 Å². The van der Waals surface area contributed by atoms with Gasteiger partial charge in [-0.05, 0) is 25.5 Å². The molecule has 0 saturated heterocycles. The number of nitrogens with one attached hydrogen (secondary N) is 2. The zero-order valence-corrected chi connectivity index (χ0v) is 11.1. The van der Waals surface area contributed by atoms with Crippen molar-refractivity contribution < 1.29 is 19.0 Å². The number of hydrogen-bond donors (Lipinski definition) is 3. The Balaban J connectivity index is 2.63. The number of halogens is 1. The monoisotopic (exact) mass is 280 g/mol. The van der Waals surface area contributed by atoms with Crippen LogP contribution in [0.3, 0.4) is 0 Å². The highest BCUT2D eigenvalue weighted by molar-refractivity contribution is 5.90. The smallest absolute Gasteiger partial charge is 0.319 e. The fourth-order valence-electron chi connectivity index (χ4n) is 1.41. The Hall–Kier alpha value is -2.26. The van der Waals surface area contributed by atoms with Crippen LogP contribution in [0.5, 0.6) is 5.75 Å². The lowest BCUT2D eigenvalue weighted by atomic mass is 10.3. The van der Waals surface area contributed by atoms with Crippen molar-refractivity contribution in [1.29, 1.82) is 0 Å². The van der Waals surface area contributed by atoms with E-state index in [-0.39, 0.29) is 18.0 Å². The van der Waals surface area contributed by atoms with Crippen LogP contribution in [0.25, 0.3) is 0 Å². The number of aliphatic hydroxyl groups is 1. The summed E-state index contributed by atoms with van der Waals surface area (Å²) in [5.41, 5.74) is 0.190. The van der Waals surface area contributed by atoms with Gasteiger partial charge in [-0.3, -0.25) is 0 Å². The number of amides is 2. The molecule has 1 aromatic carbocycles. The van der Waals surface area contributed by atoms with Crippen molar-refractivity contribution >= 4 is 11.7 Å². The van der Waals surface area contributed by atoms with E-state index in [0.29, 0.717) is 13.0 Å². The Morgan fingerprint density at radius 1 is 1.60 bits per heavy atom. The van der Waals surface area contributed by atoms with E-state index in [4.69, 9.17) is 16.3 Å². The molecule has 2 amide bonds. The lowest BCUT2D eigenvalue weighted by molar-refractivity contribution is 0.184. The maximum absolute atomic E-state index is 13.2. The molecule has 1 unspecified atom stereocenters. The minimum Gasteiger partial charge on any atom is -0.479 e. The highest BCUT2D eigenvalue weighted by Gasteiger charge is 2.09. The van der Waals surface area contributed by atoms with Crippen LogP contribution in [0.15, 0.2) is 18.2 Å². The molecule has 0 aliphatic carbocycles. The fourth-order valence-corrected chi connectivity index (χ4v) is 1.41. The van der Waals surface area contributed by atoms with Gasteiger partial charge in [-0.1, -0.05) is 5.92 Å². The van der Waals surface area contributed by atoms with Crippen LogP contribution in [-0.2, 0) is 0 Å². The summed E-state index contributed by atoms with van der Waals surface area (Å²) in [5, 5.41) is 14.1. The number of anilines is 1. The van der Waals surface area contributed by atoms with Crippen molar-refractivity contribution in [3.63, 3.8) is 0 Å². The summed E-state index contributed by atoms with van der Waals surface area (Å²) in [6, 6.07) is 3.22. The van der Waals surface area contributed by atoms with E-state index < -0.39 is 18.0 Å². The summed E-state index contributed by atoms with van der Waals surface area (Å²) in [4.78, 5) is 11.6. The molecule has 6 heteroatoms. The number of terminal acetylenes is 1. The van der Waals surface area contributed by atoms with E-state index >= 15 is 0 Å². The molecule has 1 rings (SSSR count). The molecule has 0 saturated carbocycles. The molecule has 1 aromatic rings. The van der Waals surface area contributed by atoms with E-state index in [1.165, 1.54) is 12.1 Å². The third-order valence-electron chi connectivity index (χ3n) is 2.35. The molecule has 5 nitrogen and oxygen atoms in total. The van der Waals surface area contributed by atoms with Gasteiger partial charge in [0.1, 0.15) is 18.2 Å². The molecule has 3 N–H and O–H groups in total. The van der Waals surface area contributed by atoms with Crippen LogP contribution in [0, 0.1) is 18.2 Å². The first kappa shape index (κ1) is 15.8. The maximum atomic E-state index is 13.2. The van der Waals surface area contributed by atoms with E-state index in [9.17, 15) is 9.18 Å². The van der Waals surface area contributed by atoms with Crippen LogP contribution in [0.2, 0.25) is 0 Å². The van der Waals surface area contributed by atoms with Gasteiger partial charge in [0.15, 0.2) is 0 Å². The third kappa shape index (κ3) is 5.59. The summed E-state index contributed by atoms with van der Waals surface area (Å²) >= 11 is 0. The molecule has 20 heavy (non-hydrogen) atoms. The quantitative estimate of drug-likeness (QED) is 0.695. The Bertz CT molecular complexity index is 498. The average Bonchev–Trinajstić information content (AvgIpc) is 2.37. The van der Waals surface area contributed by atoms with Crippen LogP contribution in [-0.4, -0.2) is 30.4 Å². The van der Waals surface area contributed by atoms with Gasteiger partial charge in [0, 0.05) is 12.6 Å². The van der Waals surface area contributed by atoms with Crippen molar-refractivity contribution in [2.24, 2.45) is 0 Å². The number of rotatable bonds is 6. The first-order valence-corrected chi connectivity index (χ1v) is 6.11. The molecule has 0 aromatic heterocycles. The van der Waals surface area contributed by atoms with Crippen molar-refractivity contribution in [3.8, 4) is 18.1 Å². The van der Waals surface area contributed by atoms with E-state index in [0.717, 1.165) is 6.07 Å². The molecule has 0 aliphatic rings. The minimum absolute atomic E-state index is 0.0178. The number of benzene rings is 1. The second-order valence-corrected chi connectivity index (χ2v) is 4.15. The number of aliphatic hydroxyl groups excluding tert-OH is 1. The molecular weight excluding hydrogens is 263 g/mol. The van der Waals surface area contributed by atoms with Gasteiger partial charge >= 0.3 is 6.03 Å². The van der Waals surface area contributed by atoms with Crippen LogP contribution >= 0.6 is 0 Å². The normalized spacial score (nSPS) is 11.3. The molecule has 0 fully saturated rings. The number of urea groups is 1. The standard InChI is InChI=1S/C14H17FN2O3/c1-3-8-20-13-5-4-11(15)9-12(13)17-14(19)16-7-6-10(2)18/h1,4-5,9-10,18H,6-8H2,2H3,(H2,16,17,19). The predicted molar refractivity (Wildman–Crippen MR) is 74.0 cm³/mol. The number of hydrogen-bond acceptors (Lipinski definition) is 3. The molecule has 0 aliphatic heterocycles. The summed E-state index contributed by atoms with van der Waals surface area (Å²) in [6.45, 7) is 1.95. The van der Waals surface area contributed by atoms with Crippen LogP contribution in [0.4, 0.5) is 14.9 Å². The first-order valence-electron chi connectivity index (χ1n) is 6.11. The Kier molecular flexibility index (Phi) is 6.33. The van der Waals surface area contributed by atoms with Gasteiger partial charge in [-0.15, -0.1) is 6.42 Å². The summed E-state index contributed by atoms with van der Waals surface area (Å²) in [7, 11) is 0. The first-order chi connectivity index (χ1) is 9.52. The lowest BCUT2D eigenvalue weighted by Gasteiger charge is -2.12. The molecule has 0 heterocycles. The summed E-state index contributed by atoms with van der Waals surface area (Å²) in [5.74, 6) is 2.07. The van der Waals surface area contributed by atoms with E-state index in [1.807, 2.05) is 0 Å². The third-order valence-corrected chi connectivity index (χ3v) is 2.35. The SMILES string of the molecule is C#CCOc1ccc(F)cc1NC(=O)NCCC(C)O. The second kappa shape index (κ2) is 8.02. The number of ether oxygens (including phenoxy) is 1. The average molecular weight is 280 g/mol. The molecule has 0 radical (unpaired) electrons. The van der Waals surface area contributed by atoms with Crippen molar-refractivity contribution in [2.75, 3.05) is 18.5 Å². The zero-order valence-electron chi connectivity index (χ0n) is 11.1. The lowest BCUT2D eigenvalue weighted by Crippen LogP contribution is -2.31. The summed E-state index contributed by atoms with van der Waals surface area (Å²) in [6.07, 6.45) is 5.01. The number of carbonyl (C=O) groups is 1. The largest absolute Gasteiger partial charge is 0.479 e. The topological polar surface area (TPSA) is 70.6 Å². The highest BCUT2D eigenvalue weighted by atomic mass is 19.1. The summed E-state index contributed by atoms with van der Waals surface area (Å²) < 4.78 is 18.4. The molecule has 0 spiro atoms. The van der Waals surface area contributed by atoms with Gasteiger partial charge in [-0.25, -0.2) is 9.18 Å². The number of carbonyl (C=O) groups excluding carboxylic acids is 1. The van der Waals surface area contributed by atoms with Crippen molar-refractivity contribution in [1.82, 2.24) is 5.32 Å². The van der Waals surface area contributed by atoms with Crippen molar-refractivity contribution in [3.05, 3.63) is 24.0 Å². The molecule has 1 atom stereocenters. The maximum Gasteiger partial charge on any atom is 0.319 e. The Morgan fingerprint density at radius 2 is 2.35 bits per heavy atom. The van der Waals surface area contributed by atoms with E-state index in [1.54, 1.807) is 6.92 Å². The predicted octanol–water partition coefficient (Wildman–Crippen LogP) is 1.73. The highest BCUT2D eigenvalue weighted by Crippen LogP contribution is 2.25. The van der Waals surface area contributed by atoms with Crippen LogP contribution in [0.1, 0.15) is 13.3 Å².